The average Bonchev–Trinajstić information content (AvgIpc) is 2.94. The molecular weight excluding hydrogens is 494 g/mol. The zero-order valence-corrected chi connectivity index (χ0v) is 20.9. The Labute approximate surface area is 217 Å². The molecule has 10 heteroatoms. The smallest absolute Gasteiger partial charge is 0.284 e. The second kappa shape index (κ2) is 10.4. The molecular formula is C27H24ClN5O4. The van der Waals surface area contributed by atoms with Crippen molar-refractivity contribution in [2.24, 2.45) is 0 Å². The predicted molar refractivity (Wildman–Crippen MR) is 139 cm³/mol. The summed E-state index contributed by atoms with van der Waals surface area (Å²) in [7, 11) is 1.59. The lowest BCUT2D eigenvalue weighted by molar-refractivity contribution is 0.0531. The van der Waals surface area contributed by atoms with E-state index in [1.165, 1.54) is 4.57 Å². The first kappa shape index (κ1) is 24.5. The van der Waals surface area contributed by atoms with Gasteiger partial charge < -0.3 is 14.5 Å². The van der Waals surface area contributed by atoms with Gasteiger partial charge in [-0.25, -0.2) is 9.97 Å². The molecule has 5 rings (SSSR count). The largest absolute Gasteiger partial charge is 0.497 e. The van der Waals surface area contributed by atoms with E-state index >= 15 is 0 Å². The van der Waals surface area contributed by atoms with Crippen molar-refractivity contribution in [1.29, 1.82) is 0 Å². The number of ether oxygens (including phenoxy) is 1. The summed E-state index contributed by atoms with van der Waals surface area (Å²) >= 11 is 5.92. The highest BCUT2D eigenvalue weighted by Gasteiger charge is 2.28. The Hall–Kier alpha value is -4.24. The van der Waals surface area contributed by atoms with Gasteiger partial charge in [-0.3, -0.25) is 19.0 Å². The summed E-state index contributed by atoms with van der Waals surface area (Å²) in [5.74, 6) is 0.122. The minimum absolute atomic E-state index is 0.125. The van der Waals surface area contributed by atoms with Crippen molar-refractivity contribution < 1.29 is 14.3 Å². The van der Waals surface area contributed by atoms with E-state index in [4.69, 9.17) is 16.3 Å². The van der Waals surface area contributed by atoms with Crippen molar-refractivity contribution in [3.8, 4) is 5.75 Å². The molecule has 188 valence electrons. The molecule has 0 N–H and O–H groups in total. The van der Waals surface area contributed by atoms with Gasteiger partial charge in [0.1, 0.15) is 11.3 Å². The highest BCUT2D eigenvalue weighted by Crippen LogP contribution is 2.16. The molecule has 4 aromatic rings. The number of hydrogen-bond donors (Lipinski definition) is 0. The Morgan fingerprint density at radius 1 is 0.919 bits per heavy atom. The van der Waals surface area contributed by atoms with Crippen molar-refractivity contribution in [2.45, 2.75) is 6.54 Å². The third-order valence-electron chi connectivity index (χ3n) is 6.35. The van der Waals surface area contributed by atoms with E-state index in [9.17, 15) is 14.4 Å². The topological polar surface area (TPSA) is 97.6 Å². The molecule has 37 heavy (non-hydrogen) atoms. The van der Waals surface area contributed by atoms with Crippen LogP contribution in [0.5, 0.6) is 5.75 Å². The first-order chi connectivity index (χ1) is 17.9. The summed E-state index contributed by atoms with van der Waals surface area (Å²) in [6, 6.07) is 17.5. The summed E-state index contributed by atoms with van der Waals surface area (Å²) in [5.41, 5.74) is 1.58. The molecule has 2 aromatic heterocycles. The minimum Gasteiger partial charge on any atom is -0.497 e. The highest BCUT2D eigenvalue weighted by molar-refractivity contribution is 6.30. The van der Waals surface area contributed by atoms with Crippen LogP contribution in [-0.2, 0) is 6.54 Å². The number of rotatable bonds is 5. The molecule has 0 saturated carbocycles. The zero-order chi connectivity index (χ0) is 25.9. The van der Waals surface area contributed by atoms with Gasteiger partial charge in [0.25, 0.3) is 17.4 Å². The minimum atomic E-state index is -0.508. The predicted octanol–water partition coefficient (Wildman–Crippen LogP) is 3.10. The van der Waals surface area contributed by atoms with E-state index in [-0.39, 0.29) is 18.1 Å². The van der Waals surface area contributed by atoms with Gasteiger partial charge in [0.05, 0.1) is 13.7 Å². The Morgan fingerprint density at radius 3 is 2.22 bits per heavy atom. The van der Waals surface area contributed by atoms with E-state index in [0.717, 1.165) is 5.56 Å². The maximum atomic E-state index is 13.5. The van der Waals surface area contributed by atoms with Gasteiger partial charge in [0.2, 0.25) is 0 Å². The van der Waals surface area contributed by atoms with Crippen LogP contribution in [0, 0.1) is 0 Å². The van der Waals surface area contributed by atoms with Crippen LogP contribution in [0.1, 0.15) is 26.4 Å². The van der Waals surface area contributed by atoms with Gasteiger partial charge in [0, 0.05) is 43.0 Å². The second-order valence-corrected chi connectivity index (χ2v) is 9.07. The maximum absolute atomic E-state index is 13.5. The number of carbonyl (C=O) groups is 2. The average molecular weight is 518 g/mol. The zero-order valence-electron chi connectivity index (χ0n) is 20.1. The molecule has 0 unspecified atom stereocenters. The Bertz CT molecular complexity index is 1510. The number of aromatic nitrogens is 3. The van der Waals surface area contributed by atoms with Gasteiger partial charge >= 0.3 is 0 Å². The first-order valence-corrected chi connectivity index (χ1v) is 12.1. The number of hydrogen-bond acceptors (Lipinski definition) is 6. The van der Waals surface area contributed by atoms with Crippen molar-refractivity contribution in [1.82, 2.24) is 24.3 Å². The van der Waals surface area contributed by atoms with E-state index < -0.39 is 11.5 Å². The number of fused-ring (bicyclic) bond motifs is 1. The monoisotopic (exact) mass is 517 g/mol. The molecule has 1 aliphatic heterocycles. The molecule has 1 saturated heterocycles. The number of benzene rings is 2. The lowest BCUT2D eigenvalue weighted by Gasteiger charge is -2.34. The summed E-state index contributed by atoms with van der Waals surface area (Å²) in [4.78, 5) is 51.7. The number of amides is 2. The van der Waals surface area contributed by atoms with Crippen LogP contribution in [0.4, 0.5) is 0 Å². The van der Waals surface area contributed by atoms with Gasteiger partial charge in [0.15, 0.2) is 11.3 Å². The lowest BCUT2D eigenvalue weighted by atomic mass is 10.1. The summed E-state index contributed by atoms with van der Waals surface area (Å²) in [6.45, 7) is 1.51. The van der Waals surface area contributed by atoms with Gasteiger partial charge in [-0.1, -0.05) is 23.7 Å². The van der Waals surface area contributed by atoms with Crippen LogP contribution < -0.4 is 10.3 Å². The fourth-order valence-electron chi connectivity index (χ4n) is 4.31. The van der Waals surface area contributed by atoms with E-state index in [1.807, 2.05) is 24.3 Å². The number of piperazine rings is 1. The van der Waals surface area contributed by atoms with Gasteiger partial charge in [-0.05, 0) is 54.1 Å². The lowest BCUT2D eigenvalue weighted by Crippen LogP contribution is -2.51. The van der Waals surface area contributed by atoms with E-state index in [0.29, 0.717) is 53.7 Å². The molecule has 0 spiro atoms. The van der Waals surface area contributed by atoms with Crippen LogP contribution in [0.25, 0.3) is 11.2 Å². The van der Waals surface area contributed by atoms with Crippen molar-refractivity contribution in [3.63, 3.8) is 0 Å². The Morgan fingerprint density at radius 2 is 1.57 bits per heavy atom. The third kappa shape index (κ3) is 5.03. The van der Waals surface area contributed by atoms with Crippen LogP contribution in [0.2, 0.25) is 5.02 Å². The number of carbonyl (C=O) groups excluding carboxylic acids is 2. The molecule has 1 fully saturated rings. The number of methoxy groups -OCH3 is 1. The van der Waals surface area contributed by atoms with E-state index in [2.05, 4.69) is 9.97 Å². The Kier molecular flexibility index (Phi) is 6.87. The molecule has 0 bridgehead atoms. The SMILES string of the molecule is COc1ccc(Cn2c(=O)c(C(=O)N3CCN(C(=O)c4ccc(Cl)cc4)CC3)nc3cccnc32)cc1. The maximum Gasteiger partial charge on any atom is 0.284 e. The molecule has 2 amide bonds. The van der Waals surface area contributed by atoms with Gasteiger partial charge in [-0.15, -0.1) is 0 Å². The molecule has 0 atom stereocenters. The quantitative estimate of drug-likeness (QED) is 0.403. The summed E-state index contributed by atoms with van der Waals surface area (Å²) in [5, 5.41) is 0.558. The fourth-order valence-corrected chi connectivity index (χ4v) is 4.44. The molecule has 1 aliphatic rings. The third-order valence-corrected chi connectivity index (χ3v) is 6.60. The number of nitrogens with zero attached hydrogens (tertiary/aromatic N) is 5. The van der Waals surface area contributed by atoms with Crippen LogP contribution in [0.15, 0.2) is 71.7 Å². The van der Waals surface area contributed by atoms with Crippen LogP contribution in [-0.4, -0.2) is 69.4 Å². The molecule has 0 radical (unpaired) electrons. The highest BCUT2D eigenvalue weighted by atomic mass is 35.5. The second-order valence-electron chi connectivity index (χ2n) is 8.64. The van der Waals surface area contributed by atoms with Crippen LogP contribution >= 0.6 is 11.6 Å². The number of pyridine rings is 1. The molecule has 2 aromatic carbocycles. The van der Waals surface area contributed by atoms with Crippen molar-refractivity contribution >= 4 is 34.6 Å². The molecule has 9 nitrogen and oxygen atoms in total. The van der Waals surface area contributed by atoms with E-state index in [1.54, 1.807) is 59.5 Å². The van der Waals surface area contributed by atoms with Crippen LogP contribution in [0.3, 0.4) is 0 Å². The first-order valence-electron chi connectivity index (χ1n) is 11.8. The van der Waals surface area contributed by atoms with Gasteiger partial charge in [-0.2, -0.15) is 0 Å². The standard InChI is InChI=1S/C27H24ClN5O4/c1-37-21-10-4-18(5-11-21)17-33-24-22(3-2-12-29-24)30-23(27(33)36)26(35)32-15-13-31(14-16-32)25(34)19-6-8-20(28)9-7-19/h2-12H,13-17H2,1H3. The molecule has 3 heterocycles. The normalized spacial score (nSPS) is 13.6. The van der Waals surface area contributed by atoms with Crippen molar-refractivity contribution in [2.75, 3.05) is 33.3 Å². The number of halogens is 1. The molecule has 0 aliphatic carbocycles. The Balaban J connectivity index is 1.38. The summed E-state index contributed by atoms with van der Waals surface area (Å²) < 4.78 is 6.68. The fraction of sp³-hybridized carbons (Fsp3) is 0.222. The summed E-state index contributed by atoms with van der Waals surface area (Å²) in [6.07, 6.45) is 1.59. The van der Waals surface area contributed by atoms with Crippen molar-refractivity contribution in [3.05, 3.63) is 99.1 Å².